The van der Waals surface area contributed by atoms with Crippen LogP contribution in [0.15, 0.2) is 66.7 Å². The number of rotatable bonds is 11. The third kappa shape index (κ3) is 6.85. The number of nitrogens with one attached hydrogen (secondary N) is 2. The van der Waals surface area contributed by atoms with Crippen LogP contribution in [0.25, 0.3) is 0 Å². The van der Waals surface area contributed by atoms with E-state index < -0.39 is 0 Å². The van der Waals surface area contributed by atoms with E-state index >= 15 is 0 Å². The standard InChI is InChI=1S/C28H32N2O4/c1-4-20-9-11-21(12-10-20)14-16-27(31)30-24-8-6-5-7-23(24)28(32)29-18-17-22-13-15-25(33-2)26(19-22)34-3/h5-13,15,19H,4,14,16-18H2,1-3H3,(H,29,32)(H,30,31). The van der Waals surface area contributed by atoms with E-state index in [2.05, 4.69) is 41.8 Å². The highest BCUT2D eigenvalue weighted by atomic mass is 16.5. The molecular weight excluding hydrogens is 428 g/mol. The van der Waals surface area contributed by atoms with E-state index in [1.54, 1.807) is 38.5 Å². The summed E-state index contributed by atoms with van der Waals surface area (Å²) >= 11 is 0. The Kier molecular flexibility index (Phi) is 9.09. The molecule has 0 fully saturated rings. The lowest BCUT2D eigenvalue weighted by molar-refractivity contribution is -0.116. The number of para-hydroxylation sites is 1. The normalized spacial score (nSPS) is 10.4. The van der Waals surface area contributed by atoms with Gasteiger partial charge in [0.1, 0.15) is 0 Å². The van der Waals surface area contributed by atoms with Crippen LogP contribution < -0.4 is 20.1 Å². The van der Waals surface area contributed by atoms with Crippen LogP contribution in [0.5, 0.6) is 11.5 Å². The van der Waals surface area contributed by atoms with Gasteiger partial charge in [-0.25, -0.2) is 0 Å². The van der Waals surface area contributed by atoms with Gasteiger partial charge in [-0.1, -0.05) is 49.4 Å². The van der Waals surface area contributed by atoms with E-state index in [0.717, 1.165) is 17.5 Å². The van der Waals surface area contributed by atoms with Crippen molar-refractivity contribution in [3.05, 3.63) is 89.0 Å². The van der Waals surface area contributed by atoms with Crippen molar-refractivity contribution in [2.45, 2.75) is 32.6 Å². The zero-order chi connectivity index (χ0) is 24.3. The van der Waals surface area contributed by atoms with Gasteiger partial charge in [0, 0.05) is 13.0 Å². The van der Waals surface area contributed by atoms with Crippen LogP contribution in [0, 0.1) is 0 Å². The van der Waals surface area contributed by atoms with Crippen molar-refractivity contribution in [3.8, 4) is 11.5 Å². The van der Waals surface area contributed by atoms with Crippen molar-refractivity contribution >= 4 is 17.5 Å². The fourth-order valence-electron chi connectivity index (χ4n) is 3.65. The number of carbonyl (C=O) groups is 2. The topological polar surface area (TPSA) is 76.7 Å². The molecule has 6 nitrogen and oxygen atoms in total. The second kappa shape index (κ2) is 12.4. The van der Waals surface area contributed by atoms with Gasteiger partial charge in [0.2, 0.25) is 5.91 Å². The monoisotopic (exact) mass is 460 g/mol. The highest BCUT2D eigenvalue weighted by Gasteiger charge is 2.13. The molecule has 0 spiro atoms. The maximum absolute atomic E-state index is 12.8. The van der Waals surface area contributed by atoms with Crippen LogP contribution >= 0.6 is 0 Å². The molecule has 0 bridgehead atoms. The quantitative estimate of drug-likeness (QED) is 0.431. The van der Waals surface area contributed by atoms with Gasteiger partial charge < -0.3 is 20.1 Å². The minimum absolute atomic E-state index is 0.120. The van der Waals surface area contributed by atoms with Gasteiger partial charge in [-0.15, -0.1) is 0 Å². The molecule has 0 aliphatic rings. The maximum Gasteiger partial charge on any atom is 0.253 e. The molecule has 0 aliphatic carbocycles. The van der Waals surface area contributed by atoms with Crippen LogP contribution in [0.2, 0.25) is 0 Å². The summed E-state index contributed by atoms with van der Waals surface area (Å²) in [5.41, 5.74) is 4.37. The summed E-state index contributed by atoms with van der Waals surface area (Å²) in [7, 11) is 3.19. The molecule has 3 rings (SSSR count). The fourth-order valence-corrected chi connectivity index (χ4v) is 3.65. The van der Waals surface area contributed by atoms with E-state index in [-0.39, 0.29) is 11.8 Å². The summed E-state index contributed by atoms with van der Waals surface area (Å²) < 4.78 is 10.6. The Hall–Kier alpha value is -3.80. The minimum Gasteiger partial charge on any atom is -0.493 e. The number of methoxy groups -OCH3 is 2. The molecule has 6 heteroatoms. The van der Waals surface area contributed by atoms with Crippen LogP contribution in [0.4, 0.5) is 5.69 Å². The largest absolute Gasteiger partial charge is 0.493 e. The molecule has 0 atom stereocenters. The molecule has 0 radical (unpaired) electrons. The second-order valence-corrected chi connectivity index (χ2v) is 7.96. The summed E-state index contributed by atoms with van der Waals surface area (Å²) in [6.45, 7) is 2.57. The summed E-state index contributed by atoms with van der Waals surface area (Å²) in [6, 6.07) is 21.0. The van der Waals surface area contributed by atoms with Crippen molar-refractivity contribution < 1.29 is 19.1 Å². The van der Waals surface area contributed by atoms with Crippen LogP contribution in [0.1, 0.15) is 40.4 Å². The van der Waals surface area contributed by atoms with Crippen molar-refractivity contribution in [1.29, 1.82) is 0 Å². The molecule has 0 aliphatic heterocycles. The number of hydrogen-bond donors (Lipinski definition) is 2. The molecule has 0 saturated heterocycles. The second-order valence-electron chi connectivity index (χ2n) is 7.96. The molecule has 3 aromatic carbocycles. The smallest absolute Gasteiger partial charge is 0.253 e. The van der Waals surface area contributed by atoms with Gasteiger partial charge in [0.15, 0.2) is 11.5 Å². The maximum atomic E-state index is 12.8. The SMILES string of the molecule is CCc1ccc(CCC(=O)Nc2ccccc2C(=O)NCCc2ccc(OC)c(OC)c2)cc1. The highest BCUT2D eigenvalue weighted by molar-refractivity contribution is 6.03. The number of hydrogen-bond acceptors (Lipinski definition) is 4. The molecule has 34 heavy (non-hydrogen) atoms. The Morgan fingerprint density at radius 2 is 1.47 bits per heavy atom. The van der Waals surface area contributed by atoms with Crippen molar-refractivity contribution in [1.82, 2.24) is 5.32 Å². The average molecular weight is 461 g/mol. The number of aryl methyl sites for hydroxylation is 2. The van der Waals surface area contributed by atoms with E-state index in [0.29, 0.717) is 48.6 Å². The van der Waals surface area contributed by atoms with E-state index in [1.165, 1.54) is 5.56 Å². The predicted molar refractivity (Wildman–Crippen MR) is 135 cm³/mol. The third-order valence-corrected chi connectivity index (χ3v) is 5.66. The summed E-state index contributed by atoms with van der Waals surface area (Å²) in [4.78, 5) is 25.3. The van der Waals surface area contributed by atoms with E-state index in [1.807, 2.05) is 18.2 Å². The third-order valence-electron chi connectivity index (χ3n) is 5.66. The van der Waals surface area contributed by atoms with Crippen LogP contribution in [-0.4, -0.2) is 32.6 Å². The molecule has 0 heterocycles. The lowest BCUT2D eigenvalue weighted by Gasteiger charge is -2.12. The molecule has 178 valence electrons. The van der Waals surface area contributed by atoms with Gasteiger partial charge in [-0.3, -0.25) is 9.59 Å². The molecule has 3 aromatic rings. The van der Waals surface area contributed by atoms with Crippen molar-refractivity contribution in [2.24, 2.45) is 0 Å². The Morgan fingerprint density at radius 3 is 2.18 bits per heavy atom. The first-order chi connectivity index (χ1) is 16.5. The van der Waals surface area contributed by atoms with Crippen molar-refractivity contribution in [3.63, 3.8) is 0 Å². The Morgan fingerprint density at radius 1 is 0.794 bits per heavy atom. The molecule has 2 N–H and O–H groups in total. The molecule has 2 amide bonds. The summed E-state index contributed by atoms with van der Waals surface area (Å²) in [5, 5.41) is 5.82. The summed E-state index contributed by atoms with van der Waals surface area (Å²) in [5.74, 6) is 0.968. The van der Waals surface area contributed by atoms with E-state index in [9.17, 15) is 9.59 Å². The van der Waals surface area contributed by atoms with E-state index in [4.69, 9.17) is 9.47 Å². The number of ether oxygens (including phenoxy) is 2. The number of amides is 2. The first-order valence-electron chi connectivity index (χ1n) is 11.5. The lowest BCUT2D eigenvalue weighted by atomic mass is 10.1. The highest BCUT2D eigenvalue weighted by Crippen LogP contribution is 2.27. The zero-order valence-electron chi connectivity index (χ0n) is 20.0. The average Bonchev–Trinajstić information content (AvgIpc) is 2.87. The van der Waals surface area contributed by atoms with Gasteiger partial charge in [-0.05, 0) is 60.2 Å². The minimum atomic E-state index is -0.230. The molecule has 0 saturated carbocycles. The number of carbonyl (C=O) groups excluding carboxylic acids is 2. The van der Waals surface area contributed by atoms with Crippen LogP contribution in [-0.2, 0) is 24.1 Å². The molecule has 0 aromatic heterocycles. The fraction of sp³-hybridized carbons (Fsp3) is 0.286. The summed E-state index contributed by atoms with van der Waals surface area (Å²) in [6.07, 6.45) is 2.63. The van der Waals surface area contributed by atoms with Gasteiger partial charge in [0.05, 0.1) is 25.5 Å². The molecular formula is C28H32N2O4. The van der Waals surface area contributed by atoms with Gasteiger partial charge in [0.25, 0.3) is 5.91 Å². The molecule has 0 unspecified atom stereocenters. The Labute approximate surface area is 201 Å². The first kappa shape index (κ1) is 24.8. The zero-order valence-corrected chi connectivity index (χ0v) is 20.0. The van der Waals surface area contributed by atoms with Gasteiger partial charge >= 0.3 is 0 Å². The Bertz CT molecular complexity index is 1110. The lowest BCUT2D eigenvalue weighted by Crippen LogP contribution is -2.27. The number of anilines is 1. The van der Waals surface area contributed by atoms with Gasteiger partial charge in [-0.2, -0.15) is 0 Å². The van der Waals surface area contributed by atoms with Crippen molar-refractivity contribution in [2.75, 3.05) is 26.1 Å². The number of benzene rings is 3. The van der Waals surface area contributed by atoms with Crippen LogP contribution in [0.3, 0.4) is 0 Å². The Balaban J connectivity index is 1.54. The predicted octanol–water partition coefficient (Wildman–Crippen LogP) is 4.81. The first-order valence-corrected chi connectivity index (χ1v) is 11.5.